The van der Waals surface area contributed by atoms with Crippen LogP contribution in [0.15, 0.2) is 21.9 Å². The molecule has 2 aliphatic heterocycles. The SMILES string of the molecule is O=c1ccn([C@@H]2O[C@@]3(COP(=O)(O)OP(=O)(O)O[PH](=O)O)CO[C@@H]2[C@@H]3S)c(=O)[nH]1. The fourth-order valence-electron chi connectivity index (χ4n) is 2.83. The molecule has 0 saturated carbocycles. The number of ether oxygens (including phenoxy) is 2. The van der Waals surface area contributed by atoms with E-state index < -0.39 is 64.9 Å². The van der Waals surface area contributed by atoms with Crippen LogP contribution in [-0.2, 0) is 36.3 Å². The topological polar surface area (TPSA) is 213 Å². The molecule has 2 aliphatic rings. The van der Waals surface area contributed by atoms with Crippen molar-refractivity contribution in [2.24, 2.45) is 0 Å². The van der Waals surface area contributed by atoms with Crippen molar-refractivity contribution < 1.29 is 51.0 Å². The first-order valence-corrected chi connectivity index (χ1v) is 12.3. The van der Waals surface area contributed by atoms with Gasteiger partial charge in [-0.15, -0.1) is 0 Å². The lowest BCUT2D eigenvalue weighted by atomic mass is 10.0. The number of hydrogen-bond acceptors (Lipinski definition) is 11. The molecule has 2 fully saturated rings. The molecule has 1 aromatic heterocycles. The summed E-state index contributed by atoms with van der Waals surface area (Å²) in [4.78, 5) is 52.5. The predicted molar refractivity (Wildman–Crippen MR) is 95.7 cm³/mol. The second-order valence-electron chi connectivity index (χ2n) is 5.96. The zero-order valence-electron chi connectivity index (χ0n) is 14.0. The standard InChI is InChI=1S/C10H15N2O13P3S/c13-5-1-2-12(9(14)11-5)8-6-7(29)10(23-8,3-21-6)4-22-27(17,18)25-28(19,20)24-26(15)16/h1-2,6-8,26,29H,3-4H2,(H,15,16)(H,17,18)(H,19,20)(H,11,13,14)/t6-,7+,8-,10-/m1/s1. The summed E-state index contributed by atoms with van der Waals surface area (Å²) in [5.41, 5.74) is -2.88. The van der Waals surface area contributed by atoms with Gasteiger partial charge in [0.1, 0.15) is 11.7 Å². The molecule has 0 amide bonds. The molecule has 3 rings (SSSR count). The number of thiol groups is 1. The van der Waals surface area contributed by atoms with Gasteiger partial charge in [-0.1, -0.05) is 0 Å². The van der Waals surface area contributed by atoms with Crippen LogP contribution in [0.4, 0.5) is 0 Å². The monoisotopic (exact) mass is 496 g/mol. The Balaban J connectivity index is 1.73. The van der Waals surface area contributed by atoms with Crippen LogP contribution in [0.2, 0.25) is 0 Å². The lowest BCUT2D eigenvalue weighted by Crippen LogP contribution is -2.44. The van der Waals surface area contributed by atoms with Crippen molar-refractivity contribution in [3.8, 4) is 0 Å². The van der Waals surface area contributed by atoms with E-state index in [9.17, 15) is 28.2 Å². The highest BCUT2D eigenvalue weighted by Gasteiger charge is 2.61. The number of nitrogens with one attached hydrogen (secondary N) is 1. The summed E-state index contributed by atoms with van der Waals surface area (Å²) in [6.07, 6.45) is -0.677. The van der Waals surface area contributed by atoms with Gasteiger partial charge in [0.2, 0.25) is 0 Å². The highest BCUT2D eigenvalue weighted by Crippen LogP contribution is 2.64. The Morgan fingerprint density at radius 3 is 2.69 bits per heavy atom. The van der Waals surface area contributed by atoms with Crippen molar-refractivity contribution >= 4 is 36.5 Å². The fraction of sp³-hybridized carbons (Fsp3) is 0.600. The second kappa shape index (κ2) is 8.15. The van der Waals surface area contributed by atoms with Crippen LogP contribution in [0.1, 0.15) is 6.23 Å². The predicted octanol–water partition coefficient (Wildman–Crippen LogP) is -0.866. The largest absolute Gasteiger partial charge is 0.488 e. The van der Waals surface area contributed by atoms with Crippen molar-refractivity contribution in [2.75, 3.05) is 13.2 Å². The molecular weight excluding hydrogens is 481 g/mol. The van der Waals surface area contributed by atoms with Crippen LogP contribution in [0.3, 0.4) is 0 Å². The summed E-state index contributed by atoms with van der Waals surface area (Å²) >= 11 is 4.33. The molecule has 0 aliphatic carbocycles. The molecule has 1 aromatic rings. The van der Waals surface area contributed by atoms with E-state index in [2.05, 4.69) is 25.8 Å². The van der Waals surface area contributed by atoms with E-state index in [0.29, 0.717) is 0 Å². The summed E-state index contributed by atoms with van der Waals surface area (Å²) in [6.45, 7) is -0.896. The van der Waals surface area contributed by atoms with Crippen LogP contribution < -0.4 is 11.2 Å². The molecule has 164 valence electrons. The minimum absolute atomic E-state index is 0.169. The van der Waals surface area contributed by atoms with E-state index in [-0.39, 0.29) is 6.61 Å². The van der Waals surface area contributed by atoms with Gasteiger partial charge in [0.25, 0.3) is 5.56 Å². The Hall–Kier alpha value is -0.600. The molecule has 4 N–H and O–H groups in total. The lowest BCUT2D eigenvalue weighted by Gasteiger charge is -2.31. The lowest BCUT2D eigenvalue weighted by molar-refractivity contribution is -0.183. The van der Waals surface area contributed by atoms with E-state index in [1.165, 1.54) is 6.20 Å². The third-order valence-corrected chi connectivity index (χ3v) is 8.42. The number of nitrogens with zero attached hydrogens (tertiary/aromatic N) is 1. The first-order valence-electron chi connectivity index (χ1n) is 7.57. The molecule has 0 aromatic carbocycles. The normalized spacial score (nSPS) is 33.9. The molecular formula is C10H15N2O13P3S. The Morgan fingerprint density at radius 2 is 2.07 bits per heavy atom. The Bertz CT molecular complexity index is 1030. The first-order chi connectivity index (χ1) is 13.3. The zero-order valence-corrected chi connectivity index (χ0v) is 17.7. The van der Waals surface area contributed by atoms with Crippen molar-refractivity contribution in [1.82, 2.24) is 9.55 Å². The average molecular weight is 496 g/mol. The van der Waals surface area contributed by atoms with E-state index in [4.69, 9.17) is 19.3 Å². The Morgan fingerprint density at radius 1 is 1.38 bits per heavy atom. The van der Waals surface area contributed by atoms with Crippen molar-refractivity contribution in [3.63, 3.8) is 0 Å². The van der Waals surface area contributed by atoms with Gasteiger partial charge in [-0.3, -0.25) is 23.4 Å². The van der Waals surface area contributed by atoms with Crippen molar-refractivity contribution in [3.05, 3.63) is 33.1 Å². The van der Waals surface area contributed by atoms with Gasteiger partial charge < -0.3 is 24.2 Å². The van der Waals surface area contributed by atoms with Crippen LogP contribution >= 0.6 is 36.5 Å². The maximum atomic E-state index is 12.0. The number of H-pyrrole nitrogens is 1. The van der Waals surface area contributed by atoms with Crippen molar-refractivity contribution in [1.29, 1.82) is 0 Å². The molecule has 3 heterocycles. The molecule has 3 unspecified atom stereocenters. The Kier molecular flexibility index (Phi) is 6.49. The van der Waals surface area contributed by atoms with Crippen LogP contribution in [0.5, 0.6) is 0 Å². The van der Waals surface area contributed by atoms with Gasteiger partial charge in [0.15, 0.2) is 6.23 Å². The zero-order chi connectivity index (χ0) is 21.6. The molecule has 2 bridgehead atoms. The molecule has 0 spiro atoms. The van der Waals surface area contributed by atoms with E-state index >= 15 is 0 Å². The minimum Gasteiger partial charge on any atom is -0.369 e. The number of fused-ring (bicyclic) bond motifs is 2. The maximum Gasteiger partial charge on any atom is 0.488 e. The van der Waals surface area contributed by atoms with Gasteiger partial charge in [-0.25, -0.2) is 18.2 Å². The number of hydrogen-bond donors (Lipinski definition) is 5. The second-order valence-corrected chi connectivity index (χ2v) is 10.6. The maximum absolute atomic E-state index is 12.0. The smallest absolute Gasteiger partial charge is 0.369 e. The quantitative estimate of drug-likeness (QED) is 0.219. The summed E-state index contributed by atoms with van der Waals surface area (Å²) < 4.78 is 58.2. The van der Waals surface area contributed by atoms with Gasteiger partial charge in [-0.2, -0.15) is 16.9 Å². The first kappa shape index (κ1) is 23.1. The summed E-state index contributed by atoms with van der Waals surface area (Å²) in [5.74, 6) is 0. The van der Waals surface area contributed by atoms with E-state index in [0.717, 1.165) is 10.6 Å². The minimum atomic E-state index is -5.36. The van der Waals surface area contributed by atoms with E-state index in [1.807, 2.05) is 4.98 Å². The third kappa shape index (κ3) is 5.01. The van der Waals surface area contributed by atoms with Gasteiger partial charge in [0.05, 0.1) is 18.5 Å². The molecule has 7 atom stereocenters. The van der Waals surface area contributed by atoms with Gasteiger partial charge >= 0.3 is 29.6 Å². The van der Waals surface area contributed by atoms with Crippen LogP contribution in [0.25, 0.3) is 0 Å². The van der Waals surface area contributed by atoms with Gasteiger partial charge in [-0.05, 0) is 0 Å². The number of phosphoric ester groups is 1. The summed E-state index contributed by atoms with van der Waals surface area (Å²) in [6, 6.07) is 1.08. The third-order valence-electron chi connectivity index (χ3n) is 4.00. The fourth-order valence-corrected chi connectivity index (χ4v) is 6.11. The summed E-state index contributed by atoms with van der Waals surface area (Å²) in [5, 5.41) is -0.766. The van der Waals surface area contributed by atoms with Crippen LogP contribution in [0, 0.1) is 0 Å². The number of phosphoric acid groups is 2. The average Bonchev–Trinajstić information content (AvgIpc) is 3.01. The van der Waals surface area contributed by atoms with E-state index in [1.54, 1.807) is 0 Å². The molecule has 0 radical (unpaired) electrons. The van der Waals surface area contributed by atoms with Gasteiger partial charge in [0, 0.05) is 12.3 Å². The molecule has 19 heteroatoms. The number of rotatable bonds is 8. The molecule has 29 heavy (non-hydrogen) atoms. The van der Waals surface area contributed by atoms with Crippen LogP contribution in [-0.4, -0.2) is 54.4 Å². The molecule has 15 nitrogen and oxygen atoms in total. The Labute approximate surface area is 167 Å². The number of aromatic nitrogens is 2. The molecule has 2 saturated heterocycles. The number of aromatic amines is 1. The summed E-state index contributed by atoms with van der Waals surface area (Å²) in [7, 11) is -14.6. The van der Waals surface area contributed by atoms with Crippen molar-refractivity contribution in [2.45, 2.75) is 23.2 Å². The highest BCUT2D eigenvalue weighted by atomic mass is 32.1. The highest BCUT2D eigenvalue weighted by molar-refractivity contribution is 7.81.